The number of amides is 1. The average molecular weight is 423 g/mol. The van der Waals surface area contributed by atoms with Gasteiger partial charge in [0.05, 0.1) is 4.47 Å². The fourth-order valence-electron chi connectivity index (χ4n) is 2.38. The molecule has 1 aromatic heterocycles. The predicted molar refractivity (Wildman–Crippen MR) is 100 cm³/mol. The third kappa shape index (κ3) is 4.21. The third-order valence-electron chi connectivity index (χ3n) is 3.43. The van der Waals surface area contributed by atoms with Gasteiger partial charge in [0.15, 0.2) is 0 Å². The molecule has 0 bridgehead atoms. The van der Waals surface area contributed by atoms with E-state index in [1.807, 2.05) is 0 Å². The van der Waals surface area contributed by atoms with Crippen LogP contribution in [0.5, 0.6) is 5.75 Å². The summed E-state index contributed by atoms with van der Waals surface area (Å²) in [6, 6.07) is 11.7. The first kappa shape index (κ1) is 17.5. The highest BCUT2D eigenvalue weighted by molar-refractivity contribution is 9.10. The summed E-state index contributed by atoms with van der Waals surface area (Å²) in [5.74, 6) is 0.412. The number of hydrogen-bond donors (Lipinski definition) is 1. The van der Waals surface area contributed by atoms with Crippen LogP contribution in [0.4, 0.5) is 5.69 Å². The van der Waals surface area contributed by atoms with Gasteiger partial charge in [-0.15, -0.1) is 0 Å². The number of rotatable bonds is 4. The third-order valence-corrected chi connectivity index (χ3v) is 4.28. The first-order valence-corrected chi connectivity index (χ1v) is 8.52. The molecule has 0 saturated carbocycles. The van der Waals surface area contributed by atoms with Crippen molar-refractivity contribution in [3.8, 4) is 5.75 Å². The lowest BCUT2D eigenvalue weighted by molar-refractivity contribution is -0.114. The zero-order valence-electron chi connectivity index (χ0n) is 13.1. The fraction of sp³-hybridized carbons (Fsp3) is 0.111. The average Bonchev–Trinajstić information content (AvgIpc) is 2.52. The van der Waals surface area contributed by atoms with Crippen molar-refractivity contribution in [2.45, 2.75) is 13.5 Å². The van der Waals surface area contributed by atoms with Gasteiger partial charge in [-0.2, -0.15) is 0 Å². The number of carbonyl (C=O) groups excluding carboxylic acids is 1. The summed E-state index contributed by atoms with van der Waals surface area (Å²) in [4.78, 5) is 23.0. The predicted octanol–water partition coefficient (Wildman–Crippen LogP) is 4.75. The van der Waals surface area contributed by atoms with Gasteiger partial charge in [-0.05, 0) is 46.3 Å². The van der Waals surface area contributed by atoms with Crippen LogP contribution in [0.3, 0.4) is 0 Å². The van der Waals surface area contributed by atoms with Crippen molar-refractivity contribution in [1.82, 2.24) is 0 Å². The molecule has 1 heterocycles. The monoisotopic (exact) mass is 421 g/mol. The van der Waals surface area contributed by atoms with E-state index in [0.29, 0.717) is 27.6 Å². The van der Waals surface area contributed by atoms with Gasteiger partial charge < -0.3 is 14.5 Å². The van der Waals surface area contributed by atoms with Crippen LogP contribution in [0.1, 0.15) is 12.5 Å². The molecule has 0 atom stereocenters. The highest BCUT2D eigenvalue weighted by Gasteiger charge is 2.09. The molecule has 3 rings (SSSR count). The van der Waals surface area contributed by atoms with Crippen molar-refractivity contribution in [2.75, 3.05) is 5.32 Å². The molecule has 0 aliphatic heterocycles. The van der Waals surface area contributed by atoms with Crippen molar-refractivity contribution < 1.29 is 13.9 Å². The van der Waals surface area contributed by atoms with Gasteiger partial charge in [-0.3, -0.25) is 4.79 Å². The van der Waals surface area contributed by atoms with E-state index in [4.69, 9.17) is 20.8 Å². The number of carbonyl (C=O) groups is 1. The molecule has 0 aliphatic carbocycles. The molecule has 128 valence electrons. The SMILES string of the molecule is CC(=O)Nc1ccc2c(COc3ccc(Cl)cc3Br)cc(=O)oc2c1. The minimum Gasteiger partial charge on any atom is -0.488 e. The van der Waals surface area contributed by atoms with Gasteiger partial charge in [0.2, 0.25) is 5.91 Å². The van der Waals surface area contributed by atoms with Crippen LogP contribution in [-0.2, 0) is 11.4 Å². The van der Waals surface area contributed by atoms with E-state index in [-0.39, 0.29) is 12.5 Å². The smallest absolute Gasteiger partial charge is 0.336 e. The van der Waals surface area contributed by atoms with Crippen molar-refractivity contribution in [3.63, 3.8) is 0 Å². The zero-order chi connectivity index (χ0) is 18.0. The largest absolute Gasteiger partial charge is 0.488 e. The van der Waals surface area contributed by atoms with Gasteiger partial charge in [0.25, 0.3) is 0 Å². The van der Waals surface area contributed by atoms with Crippen LogP contribution in [0.2, 0.25) is 5.02 Å². The second kappa shape index (κ2) is 7.29. The molecule has 0 spiro atoms. The summed E-state index contributed by atoms with van der Waals surface area (Å²) in [7, 11) is 0. The lowest BCUT2D eigenvalue weighted by atomic mass is 10.1. The molecule has 0 unspecified atom stereocenters. The topological polar surface area (TPSA) is 68.5 Å². The standard InChI is InChI=1S/C18H13BrClNO4/c1-10(22)21-13-3-4-14-11(6-18(23)25-17(14)8-13)9-24-16-5-2-12(20)7-15(16)19/h2-8H,9H2,1H3,(H,21,22). The molecule has 0 fully saturated rings. The van der Waals surface area contributed by atoms with Gasteiger partial charge in [0.1, 0.15) is 17.9 Å². The Morgan fingerprint density at radius 2 is 2.04 bits per heavy atom. The molecule has 1 N–H and O–H groups in total. The quantitative estimate of drug-likeness (QED) is 0.616. The van der Waals surface area contributed by atoms with Crippen LogP contribution < -0.4 is 15.7 Å². The summed E-state index contributed by atoms with van der Waals surface area (Å²) in [6.07, 6.45) is 0. The van der Waals surface area contributed by atoms with Crippen molar-refractivity contribution in [3.05, 3.63) is 67.9 Å². The lowest BCUT2D eigenvalue weighted by Crippen LogP contribution is -2.07. The van der Waals surface area contributed by atoms with E-state index in [9.17, 15) is 9.59 Å². The summed E-state index contributed by atoms with van der Waals surface area (Å²) in [6.45, 7) is 1.59. The van der Waals surface area contributed by atoms with Gasteiger partial charge in [0, 0.05) is 40.7 Å². The molecule has 1 amide bonds. The second-order valence-corrected chi connectivity index (χ2v) is 6.64. The maximum Gasteiger partial charge on any atom is 0.336 e. The number of ether oxygens (including phenoxy) is 1. The van der Waals surface area contributed by atoms with Crippen LogP contribution in [0, 0.1) is 0 Å². The maximum absolute atomic E-state index is 11.8. The van der Waals surface area contributed by atoms with E-state index in [1.165, 1.54) is 13.0 Å². The molecular formula is C18H13BrClNO4. The minimum atomic E-state index is -0.485. The van der Waals surface area contributed by atoms with Crippen molar-refractivity contribution in [1.29, 1.82) is 0 Å². The Morgan fingerprint density at radius 3 is 2.76 bits per heavy atom. The number of benzene rings is 2. The number of hydrogen-bond acceptors (Lipinski definition) is 4. The fourth-order valence-corrected chi connectivity index (χ4v) is 3.18. The maximum atomic E-state index is 11.8. The molecule has 7 heteroatoms. The highest BCUT2D eigenvalue weighted by Crippen LogP contribution is 2.29. The van der Waals surface area contributed by atoms with Gasteiger partial charge in [-0.1, -0.05) is 11.6 Å². The van der Waals surface area contributed by atoms with Gasteiger partial charge >= 0.3 is 5.63 Å². The normalized spacial score (nSPS) is 10.7. The number of fused-ring (bicyclic) bond motifs is 1. The Hall–Kier alpha value is -2.31. The van der Waals surface area contributed by atoms with Crippen LogP contribution in [0.25, 0.3) is 11.0 Å². The van der Waals surface area contributed by atoms with E-state index in [0.717, 1.165) is 9.86 Å². The summed E-state index contributed by atoms with van der Waals surface area (Å²) in [5.41, 5.74) is 1.14. The lowest BCUT2D eigenvalue weighted by Gasteiger charge is -2.11. The molecule has 3 aromatic rings. The molecule has 0 aliphatic rings. The van der Waals surface area contributed by atoms with Crippen molar-refractivity contribution in [2.24, 2.45) is 0 Å². The molecule has 25 heavy (non-hydrogen) atoms. The van der Waals surface area contributed by atoms with Crippen LogP contribution in [0.15, 0.2) is 56.1 Å². The van der Waals surface area contributed by atoms with Gasteiger partial charge in [-0.25, -0.2) is 4.79 Å². The Balaban J connectivity index is 1.92. The minimum absolute atomic E-state index is 0.182. The van der Waals surface area contributed by atoms with Crippen molar-refractivity contribution >= 4 is 50.1 Å². The van der Waals surface area contributed by atoms with E-state index < -0.39 is 5.63 Å². The first-order chi connectivity index (χ1) is 11.9. The molecule has 0 saturated heterocycles. The number of halogens is 2. The molecule has 5 nitrogen and oxygen atoms in total. The van der Waals surface area contributed by atoms with Crippen LogP contribution >= 0.6 is 27.5 Å². The van der Waals surface area contributed by atoms with E-state index in [2.05, 4.69) is 21.2 Å². The first-order valence-electron chi connectivity index (χ1n) is 7.34. The molecular weight excluding hydrogens is 410 g/mol. The Labute approximate surface area is 156 Å². The number of anilines is 1. The highest BCUT2D eigenvalue weighted by atomic mass is 79.9. The Kier molecular flexibility index (Phi) is 5.11. The Morgan fingerprint density at radius 1 is 1.24 bits per heavy atom. The van der Waals surface area contributed by atoms with Crippen LogP contribution in [-0.4, -0.2) is 5.91 Å². The Bertz CT molecular complexity index is 1020. The summed E-state index contributed by atoms with van der Waals surface area (Å²) in [5, 5.41) is 3.98. The van der Waals surface area contributed by atoms with E-state index in [1.54, 1.807) is 36.4 Å². The zero-order valence-corrected chi connectivity index (χ0v) is 15.5. The summed E-state index contributed by atoms with van der Waals surface area (Å²) >= 11 is 9.30. The summed E-state index contributed by atoms with van der Waals surface area (Å²) < 4.78 is 11.7. The van der Waals surface area contributed by atoms with E-state index >= 15 is 0 Å². The number of nitrogens with one attached hydrogen (secondary N) is 1. The molecule has 2 aromatic carbocycles. The molecule has 0 radical (unpaired) electrons. The second-order valence-electron chi connectivity index (χ2n) is 5.35.